The zero-order valence-electron chi connectivity index (χ0n) is 13.4. The largest absolute Gasteiger partial charge is 0.305 e. The third-order valence-electron chi connectivity index (χ3n) is 3.60. The molecule has 2 aromatic rings. The second-order valence-corrected chi connectivity index (χ2v) is 6.03. The lowest BCUT2D eigenvalue weighted by atomic mass is 10.1. The van der Waals surface area contributed by atoms with Gasteiger partial charge in [0.15, 0.2) is 0 Å². The fraction of sp³-hybridized carbons (Fsp3) is 0.368. The Labute approximate surface area is 129 Å². The highest BCUT2D eigenvalue weighted by Crippen LogP contribution is 2.09. The van der Waals surface area contributed by atoms with Gasteiger partial charge in [0.1, 0.15) is 0 Å². The van der Waals surface area contributed by atoms with Crippen molar-refractivity contribution in [1.82, 2.24) is 9.80 Å². The molecule has 0 N–H and O–H groups in total. The minimum Gasteiger partial charge on any atom is -0.305 e. The average Bonchev–Trinajstić information content (AvgIpc) is 2.48. The summed E-state index contributed by atoms with van der Waals surface area (Å²) >= 11 is 0. The molecule has 0 aliphatic carbocycles. The van der Waals surface area contributed by atoms with Gasteiger partial charge in [0.25, 0.3) is 0 Å². The lowest BCUT2D eigenvalue weighted by Crippen LogP contribution is -2.20. The van der Waals surface area contributed by atoms with E-state index in [-0.39, 0.29) is 0 Å². The molecule has 0 atom stereocenters. The van der Waals surface area contributed by atoms with E-state index in [2.05, 4.69) is 85.5 Å². The Morgan fingerprint density at radius 3 is 1.81 bits per heavy atom. The lowest BCUT2D eigenvalue weighted by molar-refractivity contribution is 0.331. The first-order chi connectivity index (χ1) is 10.1. The molecule has 0 aromatic heterocycles. The maximum Gasteiger partial charge on any atom is 0.0230 e. The van der Waals surface area contributed by atoms with Crippen LogP contribution in [0.25, 0.3) is 0 Å². The van der Waals surface area contributed by atoms with Crippen molar-refractivity contribution in [3.8, 4) is 0 Å². The lowest BCUT2D eigenvalue weighted by Gasteiger charge is -2.17. The van der Waals surface area contributed by atoms with Gasteiger partial charge < -0.3 is 9.80 Å². The van der Waals surface area contributed by atoms with E-state index >= 15 is 0 Å². The quantitative estimate of drug-likeness (QED) is 0.768. The number of hydrogen-bond acceptors (Lipinski definition) is 2. The molecule has 2 nitrogen and oxygen atoms in total. The van der Waals surface area contributed by atoms with Crippen molar-refractivity contribution in [2.45, 2.75) is 19.5 Å². The Kier molecular flexibility index (Phi) is 5.97. The van der Waals surface area contributed by atoms with Gasteiger partial charge in [-0.2, -0.15) is 0 Å². The van der Waals surface area contributed by atoms with Crippen molar-refractivity contribution in [2.75, 3.05) is 27.7 Å². The van der Waals surface area contributed by atoms with Crippen LogP contribution in [0.15, 0.2) is 54.6 Å². The molecule has 0 saturated carbocycles. The number of likely N-dealkylation sites (N-methyl/N-ethyl adjacent to an activating group) is 1. The molecule has 2 rings (SSSR count). The van der Waals surface area contributed by atoms with Crippen LogP contribution in [0.2, 0.25) is 0 Å². The maximum absolute atomic E-state index is 2.38. The minimum atomic E-state index is 1.00. The van der Waals surface area contributed by atoms with Gasteiger partial charge in [-0.1, -0.05) is 54.6 Å². The van der Waals surface area contributed by atoms with Crippen LogP contribution < -0.4 is 0 Å². The Morgan fingerprint density at radius 1 is 0.667 bits per heavy atom. The van der Waals surface area contributed by atoms with Crippen LogP contribution in [-0.4, -0.2) is 37.5 Å². The standard InChI is InChI=1S/C19H26N2/c1-20(2)15-18-9-11-19(12-10-18)16-21(3)14-13-17-7-5-4-6-8-17/h4-12H,13-16H2,1-3H3. The van der Waals surface area contributed by atoms with E-state index < -0.39 is 0 Å². The SMILES string of the molecule is CN(C)Cc1ccc(CN(C)CCc2ccccc2)cc1. The summed E-state index contributed by atoms with van der Waals surface area (Å²) in [6, 6.07) is 19.7. The van der Waals surface area contributed by atoms with Crippen molar-refractivity contribution < 1.29 is 0 Å². The van der Waals surface area contributed by atoms with Crippen LogP contribution in [-0.2, 0) is 19.5 Å². The zero-order chi connectivity index (χ0) is 15.1. The molecule has 0 radical (unpaired) electrons. The van der Waals surface area contributed by atoms with E-state index in [1.54, 1.807) is 0 Å². The van der Waals surface area contributed by atoms with Gasteiger partial charge >= 0.3 is 0 Å². The van der Waals surface area contributed by atoms with Gasteiger partial charge in [0.2, 0.25) is 0 Å². The van der Waals surface area contributed by atoms with Crippen molar-refractivity contribution in [3.63, 3.8) is 0 Å². The molecule has 0 fully saturated rings. The molecule has 112 valence electrons. The molecular weight excluding hydrogens is 256 g/mol. The maximum atomic E-state index is 2.38. The number of benzene rings is 2. The summed E-state index contributed by atoms with van der Waals surface area (Å²) in [6.07, 6.45) is 1.11. The van der Waals surface area contributed by atoms with Gasteiger partial charge in [-0.3, -0.25) is 0 Å². The van der Waals surface area contributed by atoms with Gasteiger partial charge in [0.05, 0.1) is 0 Å². The third kappa shape index (κ3) is 5.70. The summed E-state index contributed by atoms with van der Waals surface area (Å²) in [7, 11) is 6.40. The first-order valence-electron chi connectivity index (χ1n) is 7.58. The van der Waals surface area contributed by atoms with E-state index in [1.165, 1.54) is 16.7 Å². The minimum absolute atomic E-state index is 1.00. The van der Waals surface area contributed by atoms with Crippen LogP contribution in [0.5, 0.6) is 0 Å². The van der Waals surface area contributed by atoms with Gasteiger partial charge in [-0.25, -0.2) is 0 Å². The number of rotatable bonds is 7. The molecule has 2 aromatic carbocycles. The van der Waals surface area contributed by atoms with E-state index in [1.807, 2.05) is 0 Å². The first kappa shape index (κ1) is 15.7. The Morgan fingerprint density at radius 2 is 1.24 bits per heavy atom. The van der Waals surface area contributed by atoms with Crippen molar-refractivity contribution in [1.29, 1.82) is 0 Å². The van der Waals surface area contributed by atoms with Crippen LogP contribution >= 0.6 is 0 Å². The fourth-order valence-electron chi connectivity index (χ4n) is 2.47. The number of nitrogens with zero attached hydrogens (tertiary/aromatic N) is 2. The predicted molar refractivity (Wildman–Crippen MR) is 90.3 cm³/mol. The van der Waals surface area contributed by atoms with Crippen molar-refractivity contribution >= 4 is 0 Å². The predicted octanol–water partition coefficient (Wildman–Crippen LogP) is 3.42. The molecule has 0 unspecified atom stereocenters. The summed E-state index contributed by atoms with van der Waals surface area (Å²) in [5.74, 6) is 0. The molecule has 0 spiro atoms. The Bertz CT molecular complexity index is 517. The summed E-state index contributed by atoms with van der Waals surface area (Å²) in [6.45, 7) is 3.10. The van der Waals surface area contributed by atoms with E-state index in [0.29, 0.717) is 0 Å². The molecule has 2 heteroatoms. The fourth-order valence-corrected chi connectivity index (χ4v) is 2.47. The summed E-state index contributed by atoms with van der Waals surface area (Å²) in [5, 5.41) is 0. The highest BCUT2D eigenvalue weighted by atomic mass is 15.1. The summed E-state index contributed by atoms with van der Waals surface area (Å²) < 4.78 is 0. The second-order valence-electron chi connectivity index (χ2n) is 6.03. The van der Waals surface area contributed by atoms with Gasteiger partial charge in [-0.15, -0.1) is 0 Å². The highest BCUT2D eigenvalue weighted by molar-refractivity contribution is 5.22. The molecule has 0 aliphatic rings. The van der Waals surface area contributed by atoms with Crippen LogP contribution in [0.4, 0.5) is 0 Å². The molecular formula is C19H26N2. The van der Waals surface area contributed by atoms with Gasteiger partial charge in [0, 0.05) is 19.6 Å². The highest BCUT2D eigenvalue weighted by Gasteiger charge is 2.02. The Hall–Kier alpha value is -1.64. The zero-order valence-corrected chi connectivity index (χ0v) is 13.4. The third-order valence-corrected chi connectivity index (χ3v) is 3.60. The average molecular weight is 282 g/mol. The first-order valence-corrected chi connectivity index (χ1v) is 7.58. The Balaban J connectivity index is 1.80. The normalized spacial score (nSPS) is 11.3. The van der Waals surface area contributed by atoms with E-state index in [9.17, 15) is 0 Å². The molecule has 0 aliphatic heterocycles. The van der Waals surface area contributed by atoms with Crippen LogP contribution in [0.1, 0.15) is 16.7 Å². The monoisotopic (exact) mass is 282 g/mol. The van der Waals surface area contributed by atoms with Gasteiger partial charge in [-0.05, 0) is 44.3 Å². The van der Waals surface area contributed by atoms with Crippen LogP contribution in [0.3, 0.4) is 0 Å². The second kappa shape index (κ2) is 7.96. The molecule has 0 amide bonds. The van der Waals surface area contributed by atoms with E-state index in [4.69, 9.17) is 0 Å². The summed E-state index contributed by atoms with van der Waals surface area (Å²) in [5.41, 5.74) is 4.16. The molecule has 0 bridgehead atoms. The van der Waals surface area contributed by atoms with E-state index in [0.717, 1.165) is 26.1 Å². The van der Waals surface area contributed by atoms with Crippen LogP contribution in [0, 0.1) is 0 Å². The topological polar surface area (TPSA) is 6.48 Å². The smallest absolute Gasteiger partial charge is 0.0230 e. The molecule has 21 heavy (non-hydrogen) atoms. The van der Waals surface area contributed by atoms with Crippen molar-refractivity contribution in [3.05, 3.63) is 71.3 Å². The molecule has 0 saturated heterocycles. The number of hydrogen-bond donors (Lipinski definition) is 0. The van der Waals surface area contributed by atoms with Crippen molar-refractivity contribution in [2.24, 2.45) is 0 Å². The summed E-state index contributed by atoms with van der Waals surface area (Å²) in [4.78, 5) is 4.58. The molecule has 0 heterocycles.